The van der Waals surface area contributed by atoms with Crippen molar-refractivity contribution in [2.45, 2.75) is 31.7 Å². The van der Waals surface area contributed by atoms with Gasteiger partial charge in [0.1, 0.15) is 5.82 Å². The van der Waals surface area contributed by atoms with E-state index in [0.717, 1.165) is 16.8 Å². The van der Waals surface area contributed by atoms with Crippen molar-refractivity contribution in [3.05, 3.63) is 34.1 Å². The van der Waals surface area contributed by atoms with Crippen LogP contribution in [-0.2, 0) is 6.42 Å². The maximum atomic E-state index is 13.1. The largest absolute Gasteiger partial charge is 0.317 e. The predicted octanol–water partition coefficient (Wildman–Crippen LogP) is 4.25. The third kappa shape index (κ3) is 4.76. The van der Waals surface area contributed by atoms with Gasteiger partial charge in [0.2, 0.25) is 0 Å². The molecular formula is C15H21BrFNS. The van der Waals surface area contributed by atoms with Crippen LogP contribution in [-0.4, -0.2) is 24.6 Å². The van der Waals surface area contributed by atoms with Crippen molar-refractivity contribution >= 4 is 27.7 Å². The summed E-state index contributed by atoms with van der Waals surface area (Å²) < 4.78 is 14.0. The zero-order chi connectivity index (χ0) is 13.7. The molecule has 0 spiro atoms. The summed E-state index contributed by atoms with van der Waals surface area (Å²) in [5, 5.41) is 3.42. The fourth-order valence-electron chi connectivity index (χ4n) is 2.64. The molecule has 1 heterocycles. The molecule has 4 heteroatoms. The first-order chi connectivity index (χ1) is 9.19. The van der Waals surface area contributed by atoms with Gasteiger partial charge in [0.05, 0.1) is 0 Å². The molecule has 0 radical (unpaired) electrons. The van der Waals surface area contributed by atoms with Crippen LogP contribution in [0.15, 0.2) is 22.7 Å². The van der Waals surface area contributed by atoms with Crippen LogP contribution in [0.4, 0.5) is 4.39 Å². The van der Waals surface area contributed by atoms with Crippen molar-refractivity contribution in [3.8, 4) is 0 Å². The van der Waals surface area contributed by atoms with Crippen LogP contribution in [0.5, 0.6) is 0 Å². The Hall–Kier alpha value is -0.0600. The number of rotatable bonds is 5. The molecule has 1 saturated heterocycles. The first-order valence-electron chi connectivity index (χ1n) is 6.88. The van der Waals surface area contributed by atoms with Crippen LogP contribution in [0.2, 0.25) is 0 Å². The first-order valence-corrected chi connectivity index (χ1v) is 8.82. The lowest BCUT2D eigenvalue weighted by Crippen LogP contribution is -2.31. The molecule has 0 saturated carbocycles. The van der Waals surface area contributed by atoms with Crippen molar-refractivity contribution in [1.29, 1.82) is 0 Å². The van der Waals surface area contributed by atoms with E-state index in [1.807, 2.05) is 13.1 Å². The number of hydrogen-bond acceptors (Lipinski definition) is 2. The van der Waals surface area contributed by atoms with Crippen LogP contribution in [0.3, 0.4) is 0 Å². The van der Waals surface area contributed by atoms with Crippen molar-refractivity contribution in [2.75, 3.05) is 18.6 Å². The Labute approximate surface area is 127 Å². The van der Waals surface area contributed by atoms with Gasteiger partial charge in [-0.25, -0.2) is 4.39 Å². The van der Waals surface area contributed by atoms with E-state index in [-0.39, 0.29) is 5.82 Å². The monoisotopic (exact) mass is 345 g/mol. The normalized spacial score (nSPS) is 18.5. The molecule has 0 bridgehead atoms. The van der Waals surface area contributed by atoms with E-state index >= 15 is 0 Å². The Morgan fingerprint density at radius 1 is 1.42 bits per heavy atom. The third-order valence-corrected chi connectivity index (χ3v) is 5.64. The van der Waals surface area contributed by atoms with Crippen LogP contribution < -0.4 is 5.32 Å². The fraction of sp³-hybridized carbons (Fsp3) is 0.600. The highest BCUT2D eigenvalue weighted by molar-refractivity contribution is 9.10. The number of likely N-dealkylation sites (N-methyl/N-ethyl adjacent to an activating group) is 1. The molecule has 1 aromatic carbocycles. The molecule has 106 valence electrons. The van der Waals surface area contributed by atoms with E-state index in [4.69, 9.17) is 0 Å². The summed E-state index contributed by atoms with van der Waals surface area (Å²) >= 11 is 5.53. The molecule has 1 aromatic rings. The summed E-state index contributed by atoms with van der Waals surface area (Å²) in [6, 6.07) is 5.47. The Morgan fingerprint density at radius 2 is 2.16 bits per heavy atom. The minimum atomic E-state index is -0.180. The van der Waals surface area contributed by atoms with Gasteiger partial charge in [0.25, 0.3) is 0 Å². The third-order valence-electron chi connectivity index (χ3n) is 3.85. The summed E-state index contributed by atoms with van der Waals surface area (Å²) in [5.41, 5.74) is 1.19. The van der Waals surface area contributed by atoms with Crippen LogP contribution in [0.25, 0.3) is 0 Å². The lowest BCUT2D eigenvalue weighted by molar-refractivity contribution is 0.376. The number of nitrogens with one attached hydrogen (secondary N) is 1. The second-order valence-electron chi connectivity index (χ2n) is 5.22. The van der Waals surface area contributed by atoms with Crippen molar-refractivity contribution < 1.29 is 4.39 Å². The molecule has 1 aliphatic rings. The zero-order valence-electron chi connectivity index (χ0n) is 11.3. The van der Waals surface area contributed by atoms with Gasteiger partial charge < -0.3 is 5.32 Å². The van der Waals surface area contributed by atoms with Gasteiger partial charge in [0.15, 0.2) is 0 Å². The maximum absolute atomic E-state index is 13.1. The van der Waals surface area contributed by atoms with E-state index < -0.39 is 0 Å². The molecule has 0 aromatic heterocycles. The average molecular weight is 346 g/mol. The fourth-order valence-corrected chi connectivity index (χ4v) is 4.36. The van der Waals surface area contributed by atoms with Gasteiger partial charge in [-0.1, -0.05) is 22.0 Å². The first kappa shape index (κ1) is 15.3. The topological polar surface area (TPSA) is 12.0 Å². The van der Waals surface area contributed by atoms with Gasteiger partial charge in [0, 0.05) is 10.5 Å². The quantitative estimate of drug-likeness (QED) is 0.855. The molecule has 19 heavy (non-hydrogen) atoms. The van der Waals surface area contributed by atoms with E-state index in [2.05, 4.69) is 33.0 Å². The lowest BCUT2D eigenvalue weighted by atomic mass is 9.91. The molecule has 1 unspecified atom stereocenters. The Balaban J connectivity index is 1.94. The maximum Gasteiger partial charge on any atom is 0.124 e. The molecule has 0 amide bonds. The lowest BCUT2D eigenvalue weighted by Gasteiger charge is -2.26. The summed E-state index contributed by atoms with van der Waals surface area (Å²) in [4.78, 5) is 0. The Bertz CT molecular complexity index is 407. The van der Waals surface area contributed by atoms with E-state index in [9.17, 15) is 4.39 Å². The SMILES string of the molecule is CNC(Cc1ccc(F)cc1Br)CC1CCSCC1. The summed E-state index contributed by atoms with van der Waals surface area (Å²) in [7, 11) is 2.03. The van der Waals surface area contributed by atoms with E-state index in [1.54, 1.807) is 12.1 Å². The molecule has 1 nitrogen and oxygen atoms in total. The Morgan fingerprint density at radius 3 is 2.79 bits per heavy atom. The van der Waals surface area contributed by atoms with Crippen molar-refractivity contribution in [2.24, 2.45) is 5.92 Å². The smallest absolute Gasteiger partial charge is 0.124 e. The van der Waals surface area contributed by atoms with Gasteiger partial charge >= 0.3 is 0 Å². The van der Waals surface area contributed by atoms with Crippen LogP contribution in [0, 0.1) is 11.7 Å². The minimum Gasteiger partial charge on any atom is -0.317 e. The second kappa shape index (κ2) is 7.65. The second-order valence-corrected chi connectivity index (χ2v) is 7.30. The van der Waals surface area contributed by atoms with Crippen molar-refractivity contribution in [3.63, 3.8) is 0 Å². The van der Waals surface area contributed by atoms with Gasteiger partial charge in [-0.3, -0.25) is 0 Å². The Kier molecular flexibility index (Phi) is 6.17. The molecule has 0 aliphatic carbocycles. The molecule has 1 aliphatic heterocycles. The summed E-state index contributed by atoms with van der Waals surface area (Å²) in [6.45, 7) is 0. The molecule has 1 N–H and O–H groups in total. The number of thioether (sulfide) groups is 1. The molecule has 1 atom stereocenters. The van der Waals surface area contributed by atoms with E-state index in [0.29, 0.717) is 6.04 Å². The number of halogens is 2. The van der Waals surface area contributed by atoms with E-state index in [1.165, 1.54) is 36.3 Å². The van der Waals surface area contributed by atoms with Crippen molar-refractivity contribution in [1.82, 2.24) is 5.32 Å². The van der Waals surface area contributed by atoms with Gasteiger partial charge in [-0.15, -0.1) is 0 Å². The zero-order valence-corrected chi connectivity index (χ0v) is 13.7. The van der Waals surface area contributed by atoms with Gasteiger partial charge in [-0.05, 0) is 67.9 Å². The van der Waals surface area contributed by atoms with Gasteiger partial charge in [-0.2, -0.15) is 11.8 Å². The highest BCUT2D eigenvalue weighted by Crippen LogP contribution is 2.28. The predicted molar refractivity (Wildman–Crippen MR) is 85.3 cm³/mol. The molecule has 2 rings (SSSR count). The number of benzene rings is 1. The molecular weight excluding hydrogens is 325 g/mol. The highest BCUT2D eigenvalue weighted by Gasteiger charge is 2.19. The van der Waals surface area contributed by atoms with Crippen LogP contribution >= 0.6 is 27.7 Å². The summed E-state index contributed by atoms with van der Waals surface area (Å²) in [6.07, 6.45) is 4.86. The van der Waals surface area contributed by atoms with Crippen LogP contribution in [0.1, 0.15) is 24.8 Å². The standard InChI is InChI=1S/C15H21BrFNS/c1-18-14(8-11-4-6-19-7-5-11)9-12-2-3-13(17)10-15(12)16/h2-3,10-11,14,18H,4-9H2,1H3. The summed E-state index contributed by atoms with van der Waals surface area (Å²) in [5.74, 6) is 3.28. The molecule has 1 fully saturated rings. The average Bonchev–Trinajstić information content (AvgIpc) is 2.42. The number of hydrogen-bond donors (Lipinski definition) is 1. The minimum absolute atomic E-state index is 0.180. The highest BCUT2D eigenvalue weighted by atomic mass is 79.9.